The number of likely N-dealkylation sites (tertiary alicyclic amines) is 1. The number of aromatic nitrogens is 6. The summed E-state index contributed by atoms with van der Waals surface area (Å²) in [5.74, 6) is 0.705. The van der Waals surface area contributed by atoms with Crippen LogP contribution in [-0.2, 0) is 0 Å². The van der Waals surface area contributed by atoms with Crippen LogP contribution in [0, 0.1) is 0 Å². The summed E-state index contributed by atoms with van der Waals surface area (Å²) in [6.07, 6.45) is 10.2. The average molecular weight is 338 g/mol. The van der Waals surface area contributed by atoms with Crippen LogP contribution in [0.3, 0.4) is 0 Å². The van der Waals surface area contributed by atoms with Crippen molar-refractivity contribution in [1.29, 1.82) is 0 Å². The van der Waals surface area contributed by atoms with Crippen LogP contribution in [0.1, 0.15) is 18.9 Å². The lowest BCUT2D eigenvalue weighted by Crippen LogP contribution is -2.41. The van der Waals surface area contributed by atoms with Crippen molar-refractivity contribution in [2.24, 2.45) is 0 Å². The Morgan fingerprint density at radius 2 is 2.08 bits per heavy atom. The molecule has 0 bridgehead atoms. The first-order chi connectivity index (χ1) is 12.3. The molecular weight excluding hydrogens is 320 g/mol. The molecule has 9 heteroatoms. The van der Waals surface area contributed by atoms with E-state index in [9.17, 15) is 4.79 Å². The number of pyridine rings is 1. The van der Waals surface area contributed by atoms with Crippen LogP contribution >= 0.6 is 0 Å². The number of amides is 2. The molecule has 1 N–H and O–H groups in total. The van der Waals surface area contributed by atoms with Gasteiger partial charge in [-0.3, -0.25) is 0 Å². The maximum absolute atomic E-state index is 12.4. The van der Waals surface area contributed by atoms with Crippen molar-refractivity contribution < 1.29 is 4.79 Å². The zero-order valence-electron chi connectivity index (χ0n) is 13.6. The maximum Gasteiger partial charge on any atom is 0.321 e. The zero-order valence-corrected chi connectivity index (χ0v) is 13.6. The lowest BCUT2D eigenvalue weighted by Gasteiger charge is -2.31. The fourth-order valence-corrected chi connectivity index (χ4v) is 2.94. The Labute approximate surface area is 144 Å². The quantitative estimate of drug-likeness (QED) is 0.785. The van der Waals surface area contributed by atoms with Crippen LogP contribution in [0.15, 0.2) is 49.4 Å². The number of rotatable bonds is 3. The molecule has 1 fully saturated rings. The van der Waals surface area contributed by atoms with Crippen molar-refractivity contribution in [2.45, 2.75) is 18.9 Å². The Kier molecular flexibility index (Phi) is 4.11. The Morgan fingerprint density at radius 3 is 2.72 bits per heavy atom. The van der Waals surface area contributed by atoms with Gasteiger partial charge in [-0.15, -0.1) is 0 Å². The van der Waals surface area contributed by atoms with Gasteiger partial charge in [0.05, 0.1) is 17.9 Å². The molecule has 9 nitrogen and oxygen atoms in total. The van der Waals surface area contributed by atoms with E-state index in [0.29, 0.717) is 30.6 Å². The third-order valence-corrected chi connectivity index (χ3v) is 4.30. The summed E-state index contributed by atoms with van der Waals surface area (Å²) in [6.45, 7) is 1.38. The number of hydrogen-bond donors (Lipinski definition) is 1. The highest BCUT2D eigenvalue weighted by Gasteiger charge is 2.24. The first-order valence-electron chi connectivity index (χ1n) is 8.16. The fraction of sp³-hybridized carbons (Fsp3) is 0.312. The Morgan fingerprint density at radius 1 is 1.20 bits per heavy atom. The van der Waals surface area contributed by atoms with Gasteiger partial charge in [0.15, 0.2) is 5.82 Å². The SMILES string of the molecule is O=C(Nc1ccc(-n2cccn2)nc1)N1CCC(n2cncn2)CC1. The molecule has 0 aromatic carbocycles. The number of piperidine rings is 1. The number of hydrogen-bond acceptors (Lipinski definition) is 5. The molecule has 4 heterocycles. The standard InChI is InChI=1S/C16H18N8O/c25-16(22-8-4-14(5-9-22)24-12-17-11-20-24)21-13-2-3-15(18-10-13)23-7-1-6-19-23/h1-3,6-7,10-12,14H,4-5,8-9H2,(H,21,25). The molecule has 1 aliphatic rings. The van der Waals surface area contributed by atoms with Crippen LogP contribution in [0.2, 0.25) is 0 Å². The van der Waals surface area contributed by atoms with Gasteiger partial charge in [0.1, 0.15) is 12.7 Å². The van der Waals surface area contributed by atoms with Gasteiger partial charge in [-0.2, -0.15) is 10.2 Å². The monoisotopic (exact) mass is 338 g/mol. The molecule has 0 radical (unpaired) electrons. The normalized spacial score (nSPS) is 15.3. The number of carbonyl (C=O) groups excluding carboxylic acids is 1. The van der Waals surface area contributed by atoms with E-state index >= 15 is 0 Å². The molecule has 0 spiro atoms. The molecule has 0 aliphatic carbocycles. The number of nitrogens with zero attached hydrogens (tertiary/aromatic N) is 7. The van der Waals surface area contributed by atoms with E-state index in [1.807, 2.05) is 34.0 Å². The third kappa shape index (κ3) is 3.35. The molecule has 1 saturated heterocycles. The number of carbonyl (C=O) groups is 1. The second kappa shape index (κ2) is 6.71. The minimum Gasteiger partial charge on any atom is -0.324 e. The van der Waals surface area contributed by atoms with Gasteiger partial charge >= 0.3 is 6.03 Å². The van der Waals surface area contributed by atoms with Crippen molar-refractivity contribution in [3.05, 3.63) is 49.4 Å². The van der Waals surface area contributed by atoms with Gasteiger partial charge in [-0.1, -0.05) is 0 Å². The Hall–Kier alpha value is -3.23. The van der Waals surface area contributed by atoms with Crippen molar-refractivity contribution >= 4 is 11.7 Å². The van der Waals surface area contributed by atoms with Crippen LogP contribution in [0.5, 0.6) is 0 Å². The van der Waals surface area contributed by atoms with Crippen LogP contribution in [0.25, 0.3) is 5.82 Å². The first kappa shape index (κ1) is 15.3. The van der Waals surface area contributed by atoms with Gasteiger partial charge in [-0.05, 0) is 31.0 Å². The summed E-state index contributed by atoms with van der Waals surface area (Å²) in [5, 5.41) is 11.2. The summed E-state index contributed by atoms with van der Waals surface area (Å²) in [5.41, 5.74) is 0.666. The highest BCUT2D eigenvalue weighted by Crippen LogP contribution is 2.21. The average Bonchev–Trinajstić information content (AvgIpc) is 3.36. The van der Waals surface area contributed by atoms with Crippen LogP contribution in [0.4, 0.5) is 10.5 Å². The van der Waals surface area contributed by atoms with Crippen LogP contribution in [-0.4, -0.2) is 53.5 Å². The van der Waals surface area contributed by atoms with Gasteiger partial charge in [0.25, 0.3) is 0 Å². The van der Waals surface area contributed by atoms with E-state index in [-0.39, 0.29) is 6.03 Å². The molecule has 3 aromatic heterocycles. The number of nitrogens with one attached hydrogen (secondary N) is 1. The maximum atomic E-state index is 12.4. The van der Waals surface area contributed by atoms with Crippen LogP contribution < -0.4 is 5.32 Å². The summed E-state index contributed by atoms with van der Waals surface area (Å²) in [7, 11) is 0. The predicted molar refractivity (Wildman–Crippen MR) is 90.2 cm³/mol. The Bertz CT molecular complexity index is 804. The minimum atomic E-state index is -0.106. The smallest absolute Gasteiger partial charge is 0.321 e. The lowest BCUT2D eigenvalue weighted by molar-refractivity contribution is 0.180. The number of anilines is 1. The third-order valence-electron chi connectivity index (χ3n) is 4.30. The summed E-state index contributed by atoms with van der Waals surface area (Å²) in [4.78, 5) is 22.5. The summed E-state index contributed by atoms with van der Waals surface area (Å²) < 4.78 is 3.54. The van der Waals surface area contributed by atoms with Gasteiger partial charge in [0.2, 0.25) is 0 Å². The first-order valence-corrected chi connectivity index (χ1v) is 8.16. The van der Waals surface area contributed by atoms with E-state index in [1.165, 1.54) is 0 Å². The predicted octanol–water partition coefficient (Wildman–Crippen LogP) is 1.73. The molecule has 25 heavy (non-hydrogen) atoms. The summed E-state index contributed by atoms with van der Waals surface area (Å²) >= 11 is 0. The molecular formula is C16H18N8O. The second-order valence-corrected chi connectivity index (χ2v) is 5.88. The van der Waals surface area contributed by atoms with Crippen molar-refractivity contribution in [3.63, 3.8) is 0 Å². The molecule has 0 atom stereocenters. The molecule has 128 valence electrons. The molecule has 0 saturated carbocycles. The number of urea groups is 1. The molecule has 0 unspecified atom stereocenters. The van der Waals surface area contributed by atoms with E-state index in [0.717, 1.165) is 12.8 Å². The largest absolute Gasteiger partial charge is 0.324 e. The van der Waals surface area contributed by atoms with E-state index in [4.69, 9.17) is 0 Å². The van der Waals surface area contributed by atoms with Crippen molar-refractivity contribution in [3.8, 4) is 5.82 Å². The van der Waals surface area contributed by atoms with E-state index < -0.39 is 0 Å². The highest BCUT2D eigenvalue weighted by atomic mass is 16.2. The highest BCUT2D eigenvalue weighted by molar-refractivity contribution is 5.89. The topological polar surface area (TPSA) is 93.8 Å². The van der Waals surface area contributed by atoms with Crippen molar-refractivity contribution in [1.82, 2.24) is 34.4 Å². The van der Waals surface area contributed by atoms with E-state index in [2.05, 4.69) is 25.5 Å². The Balaban J connectivity index is 1.33. The van der Waals surface area contributed by atoms with Gasteiger partial charge in [-0.25, -0.2) is 24.1 Å². The van der Waals surface area contributed by atoms with Gasteiger partial charge in [0, 0.05) is 25.5 Å². The molecule has 4 rings (SSSR count). The fourth-order valence-electron chi connectivity index (χ4n) is 2.94. The molecule has 2 amide bonds. The summed E-state index contributed by atoms with van der Waals surface area (Å²) in [6, 6.07) is 5.68. The lowest BCUT2D eigenvalue weighted by atomic mass is 10.1. The van der Waals surface area contributed by atoms with Gasteiger partial charge < -0.3 is 10.2 Å². The molecule has 3 aromatic rings. The zero-order chi connectivity index (χ0) is 17.1. The van der Waals surface area contributed by atoms with E-state index in [1.54, 1.807) is 29.7 Å². The second-order valence-electron chi connectivity index (χ2n) is 5.88. The minimum absolute atomic E-state index is 0.106. The molecule has 1 aliphatic heterocycles. The van der Waals surface area contributed by atoms with Crippen molar-refractivity contribution in [2.75, 3.05) is 18.4 Å².